The first-order valence-corrected chi connectivity index (χ1v) is 9.90. The number of hydrogen-bond acceptors (Lipinski definition) is 5. The van der Waals surface area contributed by atoms with E-state index in [0.29, 0.717) is 5.78 Å². The molecule has 0 saturated heterocycles. The van der Waals surface area contributed by atoms with Crippen LogP contribution in [-0.2, 0) is 4.79 Å². The molecular weight excluding hydrogens is 276 g/mol. The zero-order chi connectivity index (χ0) is 12.4. The number of carbonyl (C=O) groups is 1. The summed E-state index contributed by atoms with van der Waals surface area (Å²) in [5, 5.41) is 0. The zero-order valence-electron chi connectivity index (χ0n) is 10.5. The molecule has 0 spiro atoms. The molecule has 0 heterocycles. The summed E-state index contributed by atoms with van der Waals surface area (Å²) in [7, 11) is 0. The largest absolute Gasteiger partial charge is 0.295 e. The highest BCUT2D eigenvalue weighted by molar-refractivity contribution is 8.20. The topological polar surface area (TPSA) is 17.1 Å². The minimum atomic E-state index is 0.137. The Morgan fingerprint density at radius 1 is 0.750 bits per heavy atom. The Kier molecular flexibility index (Phi) is 11.9. The molecule has 96 valence electrons. The molecule has 0 aromatic rings. The molecular formula is C11H22OS4. The summed E-state index contributed by atoms with van der Waals surface area (Å²) in [6.45, 7) is 8.48. The molecule has 0 fully saturated rings. The summed E-state index contributed by atoms with van der Waals surface area (Å²) in [4.78, 5) is 12.3. The molecule has 0 aromatic heterocycles. The molecule has 0 unspecified atom stereocenters. The summed E-state index contributed by atoms with van der Waals surface area (Å²) in [6.07, 6.45) is 0. The normalized spacial score (nSPS) is 11.4. The van der Waals surface area contributed by atoms with Crippen molar-refractivity contribution in [2.75, 3.05) is 23.0 Å². The average Bonchev–Trinajstić information content (AvgIpc) is 2.27. The van der Waals surface area contributed by atoms with Crippen LogP contribution >= 0.6 is 47.0 Å². The highest BCUT2D eigenvalue weighted by Gasteiger charge is 2.26. The molecule has 0 aliphatic rings. The average molecular weight is 299 g/mol. The predicted molar refractivity (Wildman–Crippen MR) is 85.1 cm³/mol. The van der Waals surface area contributed by atoms with Gasteiger partial charge in [-0.1, -0.05) is 27.7 Å². The first-order chi connectivity index (χ1) is 7.71. The van der Waals surface area contributed by atoms with Crippen molar-refractivity contribution in [1.82, 2.24) is 0 Å². The van der Waals surface area contributed by atoms with Crippen LogP contribution in [0.15, 0.2) is 0 Å². The number of rotatable bonds is 10. The van der Waals surface area contributed by atoms with Gasteiger partial charge in [0.05, 0.1) is 0 Å². The third kappa shape index (κ3) is 6.72. The van der Waals surface area contributed by atoms with Crippen molar-refractivity contribution in [2.45, 2.75) is 36.9 Å². The van der Waals surface area contributed by atoms with Gasteiger partial charge in [0.25, 0.3) is 0 Å². The van der Waals surface area contributed by atoms with Crippen LogP contribution in [-0.4, -0.2) is 38.0 Å². The lowest BCUT2D eigenvalue weighted by molar-refractivity contribution is -0.115. The lowest BCUT2D eigenvalue weighted by Gasteiger charge is -2.19. The van der Waals surface area contributed by atoms with E-state index in [4.69, 9.17) is 0 Å². The number of Topliss-reactive ketones (excluding diaryl/α,β-unsaturated/α-hetero) is 1. The third-order valence-corrected chi connectivity index (χ3v) is 6.84. The molecule has 0 amide bonds. The lowest BCUT2D eigenvalue weighted by Crippen LogP contribution is -2.24. The molecule has 0 radical (unpaired) electrons. The van der Waals surface area contributed by atoms with Crippen molar-refractivity contribution in [3.05, 3.63) is 0 Å². The Morgan fingerprint density at radius 2 is 1.00 bits per heavy atom. The molecule has 0 atom stereocenters. The minimum absolute atomic E-state index is 0.137. The van der Waals surface area contributed by atoms with Crippen LogP contribution in [0.25, 0.3) is 0 Å². The van der Waals surface area contributed by atoms with Gasteiger partial charge < -0.3 is 0 Å². The van der Waals surface area contributed by atoms with E-state index >= 15 is 0 Å². The minimum Gasteiger partial charge on any atom is -0.295 e. The van der Waals surface area contributed by atoms with E-state index in [0.717, 1.165) is 23.0 Å². The van der Waals surface area contributed by atoms with Crippen LogP contribution in [0.2, 0.25) is 0 Å². The Bertz CT molecular complexity index is 157. The molecule has 0 aliphatic carbocycles. The van der Waals surface area contributed by atoms with Crippen LogP contribution in [0.1, 0.15) is 27.7 Å². The highest BCUT2D eigenvalue weighted by atomic mass is 32.2. The summed E-state index contributed by atoms with van der Waals surface area (Å²) in [5.74, 6) is 4.48. The first-order valence-electron chi connectivity index (χ1n) is 5.71. The predicted octanol–water partition coefficient (Wildman–Crippen LogP) is 4.22. The summed E-state index contributed by atoms with van der Waals surface area (Å²) in [5.41, 5.74) is 0. The second-order valence-corrected chi connectivity index (χ2v) is 9.01. The third-order valence-electron chi connectivity index (χ3n) is 1.74. The van der Waals surface area contributed by atoms with Crippen LogP contribution in [0.4, 0.5) is 0 Å². The van der Waals surface area contributed by atoms with Crippen molar-refractivity contribution in [1.29, 1.82) is 0 Å². The molecule has 0 aliphatic heterocycles. The van der Waals surface area contributed by atoms with Crippen LogP contribution in [0, 0.1) is 0 Å². The molecule has 0 aromatic carbocycles. The van der Waals surface area contributed by atoms with Crippen LogP contribution in [0.5, 0.6) is 0 Å². The Hall–Kier alpha value is 1.07. The van der Waals surface area contributed by atoms with Gasteiger partial charge in [0.2, 0.25) is 0 Å². The maximum absolute atomic E-state index is 12.3. The Morgan fingerprint density at radius 3 is 1.19 bits per heavy atom. The Labute approximate surface area is 117 Å². The van der Waals surface area contributed by atoms with E-state index in [1.54, 1.807) is 47.0 Å². The fourth-order valence-corrected chi connectivity index (χ4v) is 6.30. The fraction of sp³-hybridized carbons (Fsp3) is 0.909. The number of ketones is 1. The second-order valence-electron chi connectivity index (χ2n) is 2.89. The van der Waals surface area contributed by atoms with Gasteiger partial charge in [0.15, 0.2) is 5.78 Å². The van der Waals surface area contributed by atoms with Gasteiger partial charge >= 0.3 is 0 Å². The molecule has 0 N–H and O–H groups in total. The van der Waals surface area contributed by atoms with Gasteiger partial charge in [-0.05, 0) is 23.0 Å². The number of thioether (sulfide) groups is 4. The van der Waals surface area contributed by atoms with Crippen molar-refractivity contribution in [2.24, 2.45) is 0 Å². The lowest BCUT2D eigenvalue weighted by atomic mass is 10.5. The van der Waals surface area contributed by atoms with Crippen molar-refractivity contribution >= 4 is 52.8 Å². The van der Waals surface area contributed by atoms with E-state index in [1.165, 1.54) is 0 Å². The monoisotopic (exact) mass is 298 g/mol. The fourth-order valence-electron chi connectivity index (χ4n) is 1.14. The van der Waals surface area contributed by atoms with Gasteiger partial charge in [0.1, 0.15) is 9.16 Å². The van der Waals surface area contributed by atoms with Gasteiger partial charge in [-0.2, -0.15) is 0 Å². The second kappa shape index (κ2) is 11.2. The van der Waals surface area contributed by atoms with E-state index in [-0.39, 0.29) is 9.16 Å². The molecule has 0 bridgehead atoms. The van der Waals surface area contributed by atoms with Gasteiger partial charge in [-0.25, -0.2) is 0 Å². The quantitative estimate of drug-likeness (QED) is 0.560. The number of hydrogen-bond donors (Lipinski definition) is 0. The maximum Gasteiger partial charge on any atom is 0.178 e. The first kappa shape index (κ1) is 17.1. The standard InChI is InChI=1S/C11H22OS4/c1-5-13-10(14-6-2)9(12)11(15-7-3)16-8-4/h10-11H,5-8H2,1-4H3. The van der Waals surface area contributed by atoms with E-state index in [1.807, 2.05) is 0 Å². The Balaban J connectivity index is 4.38. The van der Waals surface area contributed by atoms with Gasteiger partial charge in [0, 0.05) is 0 Å². The summed E-state index contributed by atoms with van der Waals surface area (Å²) >= 11 is 7.10. The van der Waals surface area contributed by atoms with E-state index in [9.17, 15) is 4.79 Å². The highest BCUT2D eigenvalue weighted by Crippen LogP contribution is 2.33. The molecule has 5 heteroatoms. The molecule has 1 nitrogen and oxygen atoms in total. The smallest absolute Gasteiger partial charge is 0.178 e. The summed E-state index contributed by atoms with van der Waals surface area (Å²) in [6, 6.07) is 0. The van der Waals surface area contributed by atoms with Crippen LogP contribution in [0.3, 0.4) is 0 Å². The van der Waals surface area contributed by atoms with Crippen molar-refractivity contribution in [3.63, 3.8) is 0 Å². The van der Waals surface area contributed by atoms with Crippen molar-refractivity contribution < 1.29 is 4.79 Å². The van der Waals surface area contributed by atoms with E-state index in [2.05, 4.69) is 27.7 Å². The van der Waals surface area contributed by atoms with E-state index < -0.39 is 0 Å². The van der Waals surface area contributed by atoms with Gasteiger partial charge in [-0.3, -0.25) is 4.79 Å². The maximum atomic E-state index is 12.3. The number of carbonyl (C=O) groups excluding carboxylic acids is 1. The summed E-state index contributed by atoms with van der Waals surface area (Å²) < 4.78 is 0.274. The zero-order valence-corrected chi connectivity index (χ0v) is 13.8. The molecule has 16 heavy (non-hydrogen) atoms. The molecule has 0 rings (SSSR count). The van der Waals surface area contributed by atoms with Gasteiger partial charge in [-0.15, -0.1) is 47.0 Å². The SMILES string of the molecule is CCSC(SCC)C(=O)C(SCC)SCC. The van der Waals surface area contributed by atoms with Crippen molar-refractivity contribution in [3.8, 4) is 0 Å². The van der Waals surface area contributed by atoms with Crippen LogP contribution < -0.4 is 0 Å². The molecule has 0 saturated carbocycles.